The van der Waals surface area contributed by atoms with Gasteiger partial charge in [-0.3, -0.25) is 14.2 Å². The standard InChI is InChI=1S/C20H23N3O3S2/c1-13-14(2)28-18-17(13)19(25)23(9-10-26-3)20(22-18)27-12-16(24)21-11-15-7-5-4-6-8-15/h4-8H,9-12H2,1-3H3,(H,21,24). The first-order valence-corrected chi connectivity index (χ1v) is 10.7. The molecule has 0 fully saturated rings. The van der Waals surface area contributed by atoms with Crippen molar-refractivity contribution < 1.29 is 9.53 Å². The van der Waals surface area contributed by atoms with Crippen molar-refractivity contribution in [2.24, 2.45) is 0 Å². The van der Waals surface area contributed by atoms with E-state index in [0.29, 0.717) is 30.2 Å². The molecule has 3 rings (SSSR count). The SMILES string of the molecule is COCCn1c(SCC(=O)NCc2ccccc2)nc2sc(C)c(C)c2c1=O. The molecule has 0 radical (unpaired) electrons. The molecule has 0 unspecified atom stereocenters. The molecule has 0 aliphatic carbocycles. The van der Waals surface area contributed by atoms with Crippen molar-refractivity contribution in [3.63, 3.8) is 0 Å². The highest BCUT2D eigenvalue weighted by atomic mass is 32.2. The smallest absolute Gasteiger partial charge is 0.263 e. The first kappa shape index (κ1) is 20.6. The second kappa shape index (κ2) is 9.36. The Bertz CT molecular complexity index is 1030. The van der Waals surface area contributed by atoms with E-state index in [9.17, 15) is 9.59 Å². The summed E-state index contributed by atoms with van der Waals surface area (Å²) in [7, 11) is 1.60. The lowest BCUT2D eigenvalue weighted by Crippen LogP contribution is -2.27. The molecule has 0 bridgehead atoms. The Balaban J connectivity index is 1.77. The van der Waals surface area contributed by atoms with Gasteiger partial charge in [-0.2, -0.15) is 0 Å². The van der Waals surface area contributed by atoms with E-state index in [2.05, 4.69) is 10.3 Å². The molecule has 0 aliphatic rings. The lowest BCUT2D eigenvalue weighted by atomic mass is 10.2. The number of ether oxygens (including phenoxy) is 1. The van der Waals surface area contributed by atoms with Gasteiger partial charge >= 0.3 is 0 Å². The number of nitrogens with zero attached hydrogens (tertiary/aromatic N) is 2. The molecule has 2 aromatic heterocycles. The molecule has 1 aromatic carbocycles. The quantitative estimate of drug-likeness (QED) is 0.450. The summed E-state index contributed by atoms with van der Waals surface area (Å²) in [5.41, 5.74) is 1.94. The van der Waals surface area contributed by atoms with Gasteiger partial charge in [0.25, 0.3) is 5.56 Å². The van der Waals surface area contributed by atoms with Crippen LogP contribution in [0.1, 0.15) is 16.0 Å². The Morgan fingerprint density at radius 3 is 2.75 bits per heavy atom. The minimum Gasteiger partial charge on any atom is -0.383 e. The minimum atomic E-state index is -0.0972. The molecular weight excluding hydrogens is 394 g/mol. The average molecular weight is 418 g/mol. The maximum absolute atomic E-state index is 13.0. The molecule has 28 heavy (non-hydrogen) atoms. The lowest BCUT2D eigenvalue weighted by Gasteiger charge is -2.12. The molecule has 2 heterocycles. The number of carbonyl (C=O) groups excluding carboxylic acids is 1. The molecule has 1 N–H and O–H groups in total. The van der Waals surface area contributed by atoms with Crippen molar-refractivity contribution in [3.05, 3.63) is 56.7 Å². The number of rotatable bonds is 8. The normalized spacial score (nSPS) is 11.1. The number of aromatic nitrogens is 2. The van der Waals surface area contributed by atoms with Crippen molar-refractivity contribution in [2.45, 2.75) is 32.1 Å². The molecule has 8 heteroatoms. The van der Waals surface area contributed by atoms with Gasteiger partial charge in [0.2, 0.25) is 5.91 Å². The van der Waals surface area contributed by atoms with Gasteiger partial charge in [0.05, 0.1) is 24.3 Å². The third-order valence-electron chi connectivity index (χ3n) is 4.44. The highest BCUT2D eigenvalue weighted by Gasteiger charge is 2.17. The predicted octanol–water partition coefficient (Wildman–Crippen LogP) is 3.13. The monoisotopic (exact) mass is 417 g/mol. The number of methoxy groups -OCH3 is 1. The Morgan fingerprint density at radius 1 is 1.29 bits per heavy atom. The van der Waals surface area contributed by atoms with Crippen LogP contribution in [0.5, 0.6) is 0 Å². The second-order valence-corrected chi connectivity index (χ2v) is 8.50. The second-order valence-electron chi connectivity index (χ2n) is 6.36. The molecule has 0 aliphatic heterocycles. The lowest BCUT2D eigenvalue weighted by molar-refractivity contribution is -0.118. The summed E-state index contributed by atoms with van der Waals surface area (Å²) in [5.74, 6) is 0.0983. The van der Waals surface area contributed by atoms with Gasteiger partial charge in [0.1, 0.15) is 4.83 Å². The van der Waals surface area contributed by atoms with Crippen molar-refractivity contribution >= 4 is 39.2 Å². The average Bonchev–Trinajstić information content (AvgIpc) is 2.98. The summed E-state index contributed by atoms with van der Waals surface area (Å²) in [6.07, 6.45) is 0. The van der Waals surface area contributed by atoms with Crippen molar-refractivity contribution in [1.29, 1.82) is 0 Å². The fraction of sp³-hybridized carbons (Fsp3) is 0.350. The van der Waals surface area contributed by atoms with Gasteiger partial charge in [0.15, 0.2) is 5.16 Å². The van der Waals surface area contributed by atoms with E-state index < -0.39 is 0 Å². The molecule has 6 nitrogen and oxygen atoms in total. The summed E-state index contributed by atoms with van der Waals surface area (Å²) in [6.45, 7) is 5.22. The summed E-state index contributed by atoms with van der Waals surface area (Å²) in [5, 5.41) is 4.11. The number of fused-ring (bicyclic) bond motifs is 1. The number of amides is 1. The summed E-state index contributed by atoms with van der Waals surface area (Å²) in [6, 6.07) is 9.75. The van der Waals surface area contributed by atoms with Gasteiger partial charge < -0.3 is 10.1 Å². The summed E-state index contributed by atoms with van der Waals surface area (Å²) in [4.78, 5) is 31.7. The topological polar surface area (TPSA) is 73.2 Å². The number of aryl methyl sites for hydroxylation is 2. The van der Waals surface area contributed by atoms with Gasteiger partial charge in [-0.25, -0.2) is 4.98 Å². The molecule has 0 saturated heterocycles. The molecular formula is C20H23N3O3S2. The first-order chi connectivity index (χ1) is 13.5. The third-order valence-corrected chi connectivity index (χ3v) is 6.52. The van der Waals surface area contributed by atoms with Crippen LogP contribution in [0.15, 0.2) is 40.3 Å². The molecule has 148 valence electrons. The molecule has 0 saturated carbocycles. The minimum absolute atomic E-state index is 0.0731. The number of benzene rings is 1. The molecule has 0 spiro atoms. The van der Waals surface area contributed by atoms with E-state index in [1.165, 1.54) is 23.1 Å². The van der Waals surface area contributed by atoms with Crippen LogP contribution < -0.4 is 10.9 Å². The molecule has 3 aromatic rings. The van der Waals surface area contributed by atoms with E-state index in [0.717, 1.165) is 20.8 Å². The third kappa shape index (κ3) is 4.63. The van der Waals surface area contributed by atoms with Gasteiger partial charge in [0, 0.05) is 18.5 Å². The Kier molecular flexibility index (Phi) is 6.88. The Hall–Kier alpha value is -2.16. The van der Waals surface area contributed by atoms with Crippen molar-refractivity contribution in [2.75, 3.05) is 19.5 Å². The van der Waals surface area contributed by atoms with Gasteiger partial charge in [-0.15, -0.1) is 11.3 Å². The zero-order chi connectivity index (χ0) is 20.1. The van der Waals surface area contributed by atoms with Crippen LogP contribution in [0.4, 0.5) is 0 Å². The van der Waals surface area contributed by atoms with Crippen LogP contribution in [0.25, 0.3) is 10.2 Å². The number of thiophene rings is 1. The Labute approximate surface area is 171 Å². The van der Waals surface area contributed by atoms with Crippen LogP contribution in [-0.2, 0) is 22.6 Å². The summed E-state index contributed by atoms with van der Waals surface area (Å²) < 4.78 is 6.75. The number of hydrogen-bond donors (Lipinski definition) is 1. The van der Waals surface area contributed by atoms with E-state index in [1.807, 2.05) is 44.2 Å². The predicted molar refractivity (Wildman–Crippen MR) is 114 cm³/mol. The number of hydrogen-bond acceptors (Lipinski definition) is 6. The summed E-state index contributed by atoms with van der Waals surface area (Å²) >= 11 is 2.79. The van der Waals surface area contributed by atoms with Crippen molar-refractivity contribution in [3.8, 4) is 0 Å². The van der Waals surface area contributed by atoms with Gasteiger partial charge in [-0.05, 0) is 25.0 Å². The zero-order valence-corrected chi connectivity index (χ0v) is 17.8. The van der Waals surface area contributed by atoms with E-state index in [-0.39, 0.29) is 17.2 Å². The van der Waals surface area contributed by atoms with Crippen LogP contribution in [0.3, 0.4) is 0 Å². The number of nitrogens with one attached hydrogen (secondary N) is 1. The number of thioether (sulfide) groups is 1. The van der Waals surface area contributed by atoms with E-state index in [1.54, 1.807) is 11.7 Å². The fourth-order valence-corrected chi connectivity index (χ4v) is 4.70. The fourth-order valence-electron chi connectivity index (χ4n) is 2.78. The van der Waals surface area contributed by atoms with E-state index >= 15 is 0 Å². The highest BCUT2D eigenvalue weighted by molar-refractivity contribution is 7.99. The van der Waals surface area contributed by atoms with Crippen LogP contribution >= 0.6 is 23.1 Å². The largest absolute Gasteiger partial charge is 0.383 e. The van der Waals surface area contributed by atoms with Gasteiger partial charge in [-0.1, -0.05) is 42.1 Å². The molecule has 1 amide bonds. The van der Waals surface area contributed by atoms with Crippen LogP contribution in [0, 0.1) is 13.8 Å². The zero-order valence-electron chi connectivity index (χ0n) is 16.2. The maximum Gasteiger partial charge on any atom is 0.263 e. The Morgan fingerprint density at radius 2 is 2.04 bits per heavy atom. The molecule has 0 atom stereocenters. The van der Waals surface area contributed by atoms with Crippen LogP contribution in [0.2, 0.25) is 0 Å². The van der Waals surface area contributed by atoms with E-state index in [4.69, 9.17) is 4.74 Å². The highest BCUT2D eigenvalue weighted by Crippen LogP contribution is 2.28. The number of carbonyl (C=O) groups is 1. The maximum atomic E-state index is 13.0. The van der Waals surface area contributed by atoms with Crippen LogP contribution in [-0.4, -0.2) is 34.9 Å². The first-order valence-electron chi connectivity index (χ1n) is 8.94. The van der Waals surface area contributed by atoms with Crippen molar-refractivity contribution in [1.82, 2.24) is 14.9 Å².